The minimum absolute atomic E-state index is 0.000625. The van der Waals surface area contributed by atoms with Crippen LogP contribution in [0.2, 0.25) is 0 Å². The maximum atomic E-state index is 13.1. The second kappa shape index (κ2) is 9.77. The van der Waals surface area contributed by atoms with Gasteiger partial charge in [-0.25, -0.2) is 0 Å². The summed E-state index contributed by atoms with van der Waals surface area (Å²) in [7, 11) is 0. The Kier molecular flexibility index (Phi) is 7.58. The molecule has 2 unspecified atom stereocenters. The molecule has 4 fully saturated rings. The molecule has 0 radical (unpaired) electrons. The Morgan fingerprint density at radius 2 is 1.97 bits per heavy atom. The van der Waals surface area contributed by atoms with Crippen LogP contribution < -0.4 is 5.73 Å². The van der Waals surface area contributed by atoms with E-state index in [-0.39, 0.29) is 57.7 Å². The van der Waals surface area contributed by atoms with Gasteiger partial charge in [0, 0.05) is 28.5 Å². The van der Waals surface area contributed by atoms with Gasteiger partial charge in [0.15, 0.2) is 0 Å². The lowest BCUT2D eigenvalue weighted by molar-refractivity contribution is -0.154. The van der Waals surface area contributed by atoms with Crippen LogP contribution in [0.5, 0.6) is 0 Å². The van der Waals surface area contributed by atoms with Crippen molar-refractivity contribution in [3.63, 3.8) is 0 Å². The lowest BCUT2D eigenvalue weighted by Crippen LogP contribution is -2.46. The maximum Gasteiger partial charge on any atom is 0.316 e. The summed E-state index contributed by atoms with van der Waals surface area (Å²) >= 11 is 1.45. The van der Waals surface area contributed by atoms with Crippen LogP contribution in [0.25, 0.3) is 0 Å². The van der Waals surface area contributed by atoms with E-state index in [1.54, 1.807) is 0 Å². The molecule has 4 N–H and O–H groups in total. The van der Waals surface area contributed by atoms with E-state index in [0.29, 0.717) is 25.0 Å². The lowest BCUT2D eigenvalue weighted by Gasteiger charge is -2.44. The summed E-state index contributed by atoms with van der Waals surface area (Å²) in [4.78, 5) is 26.1. The average Bonchev–Trinajstić information content (AvgIpc) is 3.40. The van der Waals surface area contributed by atoms with Gasteiger partial charge >= 0.3 is 5.97 Å². The van der Waals surface area contributed by atoms with Crippen LogP contribution in [-0.4, -0.2) is 57.3 Å². The minimum Gasteiger partial charge on any atom is -0.461 e. The van der Waals surface area contributed by atoms with E-state index in [4.69, 9.17) is 10.5 Å². The third kappa shape index (κ3) is 4.64. The molecular formula is C28H45NO5S. The fraction of sp³-hybridized carbons (Fsp3) is 0.857. The molecule has 4 saturated carbocycles. The molecule has 7 heteroatoms. The molecule has 0 bridgehead atoms. The van der Waals surface area contributed by atoms with Crippen LogP contribution in [0.15, 0.2) is 12.7 Å². The van der Waals surface area contributed by atoms with E-state index >= 15 is 0 Å². The summed E-state index contributed by atoms with van der Waals surface area (Å²) in [5, 5.41) is 21.9. The highest BCUT2D eigenvalue weighted by atomic mass is 32.2. The van der Waals surface area contributed by atoms with Crippen molar-refractivity contribution in [2.45, 2.75) is 109 Å². The zero-order valence-corrected chi connectivity index (χ0v) is 22.7. The zero-order valence-electron chi connectivity index (χ0n) is 21.9. The number of carbonyl (C=O) groups excluding carboxylic acids is 2. The standard InChI is InChI=1S/C28H45NO5S/c1-6-26(5)13-21(34-24(32)14-35-22-8-7-19(29)11-20(22)30)17(3)16(2)12-28-15-27(28,10-9-23(28)31)18(4)25(26)33/h6,16-22,25,30,33H,1,7-15,29H2,2-5H3/t16?,17-,18+,19+,20+,21-,22+,25+,26-,27+,28?/m1/s1. The van der Waals surface area contributed by atoms with Crippen LogP contribution in [0, 0.1) is 34.0 Å². The van der Waals surface area contributed by atoms with Gasteiger partial charge in [-0.05, 0) is 68.1 Å². The van der Waals surface area contributed by atoms with E-state index in [1.807, 2.05) is 13.0 Å². The number of aliphatic hydroxyl groups excluding tert-OH is 2. The fourth-order valence-electron chi connectivity index (χ4n) is 7.78. The molecule has 11 atom stereocenters. The summed E-state index contributed by atoms with van der Waals surface area (Å²) in [6.45, 7) is 12.5. The van der Waals surface area contributed by atoms with Crippen molar-refractivity contribution in [1.29, 1.82) is 0 Å². The second-order valence-electron chi connectivity index (χ2n) is 12.5. The van der Waals surface area contributed by atoms with Gasteiger partial charge < -0.3 is 20.7 Å². The van der Waals surface area contributed by atoms with Crippen LogP contribution >= 0.6 is 11.8 Å². The molecule has 0 heterocycles. The highest BCUT2D eigenvalue weighted by Crippen LogP contribution is 2.78. The van der Waals surface area contributed by atoms with Gasteiger partial charge in [0.2, 0.25) is 0 Å². The highest BCUT2D eigenvalue weighted by molar-refractivity contribution is 8.00. The van der Waals surface area contributed by atoms with Crippen LogP contribution in [0.4, 0.5) is 0 Å². The normalized spacial score (nSPS) is 50.1. The molecule has 4 rings (SSSR count). The van der Waals surface area contributed by atoms with Gasteiger partial charge in [0.1, 0.15) is 11.9 Å². The first-order valence-electron chi connectivity index (χ1n) is 13.5. The Bertz CT molecular complexity index is 851. The predicted octanol–water partition coefficient (Wildman–Crippen LogP) is 3.87. The molecule has 4 aliphatic carbocycles. The monoisotopic (exact) mass is 507 g/mol. The summed E-state index contributed by atoms with van der Waals surface area (Å²) in [6.07, 6.45) is 6.15. The van der Waals surface area contributed by atoms with Gasteiger partial charge in [0.05, 0.1) is 18.0 Å². The van der Waals surface area contributed by atoms with Crippen LogP contribution in [-0.2, 0) is 14.3 Å². The van der Waals surface area contributed by atoms with Gasteiger partial charge in [-0.15, -0.1) is 18.3 Å². The minimum atomic E-state index is -0.662. The Hall–Kier alpha value is -0.890. The number of nitrogens with two attached hydrogens (primary N) is 1. The Balaban J connectivity index is 1.51. The largest absolute Gasteiger partial charge is 0.461 e. The van der Waals surface area contributed by atoms with E-state index in [9.17, 15) is 19.8 Å². The first-order chi connectivity index (χ1) is 16.4. The molecule has 0 spiro atoms. The fourth-order valence-corrected chi connectivity index (χ4v) is 8.83. The SMILES string of the molecule is C=C[C@]1(C)C[C@@H](OC(=O)CS[C@H]2CC[C@H](N)C[C@@H]2O)[C@H](C)C(C)CC23C[C@@]2(CCC3=O)[C@@H](C)[C@@H]1O. The van der Waals surface area contributed by atoms with Crippen molar-refractivity contribution in [3.05, 3.63) is 12.7 Å². The van der Waals surface area contributed by atoms with Crippen LogP contribution in [0.3, 0.4) is 0 Å². The molecular weight excluding hydrogens is 462 g/mol. The Labute approximate surface area is 214 Å². The molecule has 198 valence electrons. The molecule has 0 aromatic carbocycles. The third-order valence-electron chi connectivity index (χ3n) is 10.6. The summed E-state index contributed by atoms with van der Waals surface area (Å²) in [5.41, 5.74) is 4.88. The van der Waals surface area contributed by atoms with E-state index in [2.05, 4.69) is 27.4 Å². The first kappa shape index (κ1) is 27.2. The topological polar surface area (TPSA) is 110 Å². The lowest BCUT2D eigenvalue weighted by atomic mass is 9.64. The Morgan fingerprint density at radius 1 is 1.26 bits per heavy atom. The van der Waals surface area contributed by atoms with Crippen molar-refractivity contribution < 1.29 is 24.5 Å². The van der Waals surface area contributed by atoms with Gasteiger partial charge in [-0.2, -0.15) is 0 Å². The second-order valence-corrected chi connectivity index (χ2v) is 13.8. The number of Topliss-reactive ketones (excluding diaryl/α,β-unsaturated/α-hetero) is 1. The molecule has 0 saturated heterocycles. The summed E-state index contributed by atoms with van der Waals surface area (Å²) < 4.78 is 6.11. The molecule has 0 amide bonds. The van der Waals surface area contributed by atoms with Crippen molar-refractivity contribution in [3.8, 4) is 0 Å². The number of hydrogen-bond acceptors (Lipinski definition) is 7. The summed E-state index contributed by atoms with van der Waals surface area (Å²) in [5.74, 6) is 0.480. The number of esters is 1. The number of ether oxygens (including phenoxy) is 1. The van der Waals surface area contributed by atoms with Gasteiger partial charge in [-0.3, -0.25) is 9.59 Å². The van der Waals surface area contributed by atoms with Crippen molar-refractivity contribution in [2.24, 2.45) is 39.7 Å². The average molecular weight is 508 g/mol. The molecule has 6 nitrogen and oxygen atoms in total. The molecule has 4 aliphatic rings. The Morgan fingerprint density at radius 3 is 2.63 bits per heavy atom. The maximum absolute atomic E-state index is 13.1. The smallest absolute Gasteiger partial charge is 0.316 e. The first-order valence-corrected chi connectivity index (χ1v) is 14.5. The van der Waals surface area contributed by atoms with Crippen molar-refractivity contribution >= 4 is 23.5 Å². The number of aliphatic hydroxyl groups is 2. The molecule has 35 heavy (non-hydrogen) atoms. The van der Waals surface area contributed by atoms with Crippen molar-refractivity contribution in [1.82, 2.24) is 0 Å². The van der Waals surface area contributed by atoms with E-state index < -0.39 is 17.6 Å². The van der Waals surface area contributed by atoms with E-state index in [0.717, 1.165) is 32.1 Å². The molecule has 0 aromatic heterocycles. The predicted molar refractivity (Wildman–Crippen MR) is 139 cm³/mol. The quantitative estimate of drug-likeness (QED) is 0.383. The summed E-state index contributed by atoms with van der Waals surface area (Å²) in [6, 6.07) is 0.0286. The number of ketones is 1. The number of hydrogen-bond donors (Lipinski definition) is 3. The number of carbonyl (C=O) groups is 2. The van der Waals surface area contributed by atoms with Crippen LogP contribution in [0.1, 0.15) is 79.1 Å². The third-order valence-corrected chi connectivity index (χ3v) is 11.9. The van der Waals surface area contributed by atoms with Crippen molar-refractivity contribution in [2.75, 3.05) is 5.75 Å². The highest BCUT2D eigenvalue weighted by Gasteiger charge is 2.77. The van der Waals surface area contributed by atoms with E-state index in [1.165, 1.54) is 11.8 Å². The number of thioether (sulfide) groups is 1. The van der Waals surface area contributed by atoms with Gasteiger partial charge in [0.25, 0.3) is 0 Å². The van der Waals surface area contributed by atoms with Gasteiger partial charge in [-0.1, -0.05) is 33.8 Å². The zero-order chi connectivity index (χ0) is 25.8. The number of rotatable bonds is 5. The molecule has 0 aliphatic heterocycles. The molecule has 0 aromatic rings.